The molecule has 0 amide bonds. The maximum Gasteiger partial charge on any atom is 0.416 e. The predicted molar refractivity (Wildman–Crippen MR) is 115 cm³/mol. The Hall–Kier alpha value is -2.92. The first kappa shape index (κ1) is 25.2. The number of halogens is 6. The molecule has 0 radical (unpaired) electrons. The van der Waals surface area contributed by atoms with Gasteiger partial charge in [0.25, 0.3) is 0 Å². The van der Waals surface area contributed by atoms with E-state index in [0.29, 0.717) is 30.9 Å². The van der Waals surface area contributed by atoms with Crippen molar-refractivity contribution in [2.24, 2.45) is 7.05 Å². The van der Waals surface area contributed by atoms with Crippen LogP contribution in [0.1, 0.15) is 47.0 Å². The van der Waals surface area contributed by atoms with E-state index in [4.69, 9.17) is 4.74 Å². The number of aromatic nitrogens is 3. The highest BCUT2D eigenvalue weighted by molar-refractivity contribution is 5.33. The van der Waals surface area contributed by atoms with Crippen LogP contribution in [0.25, 0.3) is 0 Å². The van der Waals surface area contributed by atoms with Gasteiger partial charge in [-0.15, -0.1) is 0 Å². The Bertz CT molecular complexity index is 1100. The van der Waals surface area contributed by atoms with E-state index in [2.05, 4.69) is 15.0 Å². The van der Waals surface area contributed by atoms with E-state index in [-0.39, 0.29) is 24.3 Å². The molecule has 35 heavy (non-hydrogen) atoms. The Morgan fingerprint density at radius 2 is 1.63 bits per heavy atom. The van der Waals surface area contributed by atoms with Gasteiger partial charge in [-0.2, -0.15) is 31.4 Å². The molecule has 5 nitrogen and oxygen atoms in total. The third-order valence-electron chi connectivity index (χ3n) is 5.92. The molecule has 2 aromatic carbocycles. The van der Waals surface area contributed by atoms with Gasteiger partial charge in [-0.1, -0.05) is 30.3 Å². The van der Waals surface area contributed by atoms with Crippen LogP contribution in [0.15, 0.2) is 54.9 Å². The minimum Gasteiger partial charge on any atom is -0.372 e. The second-order valence-corrected chi connectivity index (χ2v) is 8.57. The summed E-state index contributed by atoms with van der Waals surface area (Å²) in [4.78, 5) is 6.41. The number of likely N-dealkylation sites (tertiary alicyclic amines) is 1. The summed E-state index contributed by atoms with van der Waals surface area (Å²) in [5.74, 6) is 0.613. The zero-order valence-corrected chi connectivity index (χ0v) is 18.9. The largest absolute Gasteiger partial charge is 0.416 e. The zero-order valence-electron chi connectivity index (χ0n) is 18.9. The molecule has 1 aliphatic heterocycles. The Morgan fingerprint density at radius 1 is 0.971 bits per heavy atom. The van der Waals surface area contributed by atoms with Crippen LogP contribution in [0.2, 0.25) is 0 Å². The summed E-state index contributed by atoms with van der Waals surface area (Å²) < 4.78 is 87.1. The number of rotatable bonds is 6. The Morgan fingerprint density at radius 3 is 2.20 bits per heavy atom. The van der Waals surface area contributed by atoms with Crippen LogP contribution in [0, 0.1) is 0 Å². The molecule has 0 spiro atoms. The van der Waals surface area contributed by atoms with Crippen molar-refractivity contribution in [3.8, 4) is 0 Å². The maximum absolute atomic E-state index is 13.2. The fraction of sp³-hybridized carbons (Fsp3) is 0.417. The number of aryl methyl sites for hydroxylation is 1. The molecule has 188 valence electrons. The molecule has 1 aliphatic rings. The second kappa shape index (κ2) is 9.98. The van der Waals surface area contributed by atoms with Crippen LogP contribution in [-0.2, 0) is 37.3 Å². The number of nitrogens with zero attached hydrogens (tertiary/aromatic N) is 4. The number of benzene rings is 2. The van der Waals surface area contributed by atoms with Gasteiger partial charge in [0, 0.05) is 7.05 Å². The van der Waals surface area contributed by atoms with Gasteiger partial charge in [0.2, 0.25) is 0 Å². The summed E-state index contributed by atoms with van der Waals surface area (Å²) in [6.45, 7) is 0.776. The van der Waals surface area contributed by atoms with Gasteiger partial charge in [-0.05, 0) is 48.7 Å². The lowest BCUT2D eigenvalue weighted by Crippen LogP contribution is -2.42. The molecule has 0 N–H and O–H groups in total. The first-order valence-electron chi connectivity index (χ1n) is 11.0. The molecular weight excluding hydrogens is 474 g/mol. The number of hydrogen-bond donors (Lipinski definition) is 0. The molecule has 1 saturated heterocycles. The van der Waals surface area contributed by atoms with Crippen LogP contribution >= 0.6 is 0 Å². The van der Waals surface area contributed by atoms with E-state index in [1.165, 1.54) is 0 Å². The number of piperidine rings is 1. The van der Waals surface area contributed by atoms with Crippen LogP contribution < -0.4 is 0 Å². The molecule has 2 atom stereocenters. The monoisotopic (exact) mass is 498 g/mol. The third kappa shape index (κ3) is 6.21. The van der Waals surface area contributed by atoms with Crippen LogP contribution in [-0.4, -0.2) is 32.3 Å². The van der Waals surface area contributed by atoms with E-state index in [9.17, 15) is 26.3 Å². The number of ether oxygens (including phenoxy) is 1. The van der Waals surface area contributed by atoms with E-state index in [1.54, 1.807) is 18.1 Å². The predicted octanol–water partition coefficient (Wildman–Crippen LogP) is 5.78. The van der Waals surface area contributed by atoms with E-state index >= 15 is 0 Å². The first-order valence-corrected chi connectivity index (χ1v) is 11.0. The first-order chi connectivity index (χ1) is 16.5. The maximum atomic E-state index is 13.2. The van der Waals surface area contributed by atoms with Gasteiger partial charge in [0.05, 0.1) is 36.4 Å². The summed E-state index contributed by atoms with van der Waals surface area (Å²) in [6, 6.07) is 10.8. The van der Waals surface area contributed by atoms with Gasteiger partial charge >= 0.3 is 12.4 Å². The number of alkyl halides is 6. The minimum absolute atomic E-state index is 0.123. The molecular formula is C24H24F6N4O. The Labute approximate surface area is 198 Å². The molecule has 1 fully saturated rings. The van der Waals surface area contributed by atoms with E-state index in [1.807, 2.05) is 30.3 Å². The normalized spacial score (nSPS) is 19.7. The number of hydrogen-bond acceptors (Lipinski definition) is 4. The quantitative estimate of drug-likeness (QED) is 0.405. The van der Waals surface area contributed by atoms with Crippen molar-refractivity contribution in [1.82, 2.24) is 19.7 Å². The van der Waals surface area contributed by atoms with Crippen LogP contribution in [0.5, 0.6) is 0 Å². The minimum atomic E-state index is -4.90. The summed E-state index contributed by atoms with van der Waals surface area (Å²) in [7, 11) is 1.76. The highest BCUT2D eigenvalue weighted by Crippen LogP contribution is 2.38. The van der Waals surface area contributed by atoms with Crippen LogP contribution in [0.3, 0.4) is 0 Å². The second-order valence-electron chi connectivity index (χ2n) is 8.57. The van der Waals surface area contributed by atoms with Gasteiger partial charge in [-0.25, -0.2) is 4.98 Å². The molecule has 4 rings (SSSR count). The van der Waals surface area contributed by atoms with Crippen molar-refractivity contribution in [2.45, 2.75) is 50.5 Å². The SMILES string of the molecule is Cn1cnc(CN2CCCC(OCc3cc(C(F)(F)F)cc(C(F)(F)F)c3)C2c2ccccc2)n1. The van der Waals surface area contributed by atoms with E-state index < -0.39 is 29.6 Å². The lowest BCUT2D eigenvalue weighted by atomic mass is 9.92. The molecule has 2 heterocycles. The lowest BCUT2D eigenvalue weighted by Gasteiger charge is -2.41. The van der Waals surface area contributed by atoms with Crippen molar-refractivity contribution in [3.05, 3.63) is 82.9 Å². The smallest absolute Gasteiger partial charge is 0.372 e. The van der Waals surface area contributed by atoms with Crippen molar-refractivity contribution in [2.75, 3.05) is 6.54 Å². The van der Waals surface area contributed by atoms with Crippen molar-refractivity contribution < 1.29 is 31.1 Å². The molecule has 0 aliphatic carbocycles. The standard InChI is InChI=1S/C24H24F6N4O/c1-33-15-31-21(32-33)13-34-9-5-8-20(22(34)17-6-3-2-4-7-17)35-14-16-10-18(23(25,26)27)12-19(11-16)24(28,29)30/h2-4,6-7,10-12,15,20,22H,5,8-9,13-14H2,1H3. The molecule has 2 unspecified atom stereocenters. The van der Waals surface area contributed by atoms with Gasteiger partial charge in [-0.3, -0.25) is 9.58 Å². The van der Waals surface area contributed by atoms with Crippen molar-refractivity contribution in [3.63, 3.8) is 0 Å². The summed E-state index contributed by atoms with van der Waals surface area (Å²) in [5.41, 5.74) is -1.94. The average molecular weight is 498 g/mol. The van der Waals surface area contributed by atoms with Crippen LogP contribution in [0.4, 0.5) is 26.3 Å². The molecule has 0 bridgehead atoms. The third-order valence-corrected chi connectivity index (χ3v) is 5.92. The summed E-state index contributed by atoms with van der Waals surface area (Å²) in [5, 5.41) is 4.33. The lowest BCUT2D eigenvalue weighted by molar-refractivity contribution is -0.143. The fourth-order valence-electron chi connectivity index (χ4n) is 4.40. The van der Waals surface area contributed by atoms with Crippen molar-refractivity contribution >= 4 is 0 Å². The molecule has 11 heteroatoms. The highest BCUT2D eigenvalue weighted by atomic mass is 19.4. The fourth-order valence-corrected chi connectivity index (χ4v) is 4.40. The van der Waals surface area contributed by atoms with Gasteiger partial charge in [0.15, 0.2) is 5.82 Å². The van der Waals surface area contributed by atoms with Gasteiger partial charge < -0.3 is 4.74 Å². The summed E-state index contributed by atoms with van der Waals surface area (Å²) >= 11 is 0. The Balaban J connectivity index is 1.59. The molecule has 3 aromatic rings. The topological polar surface area (TPSA) is 43.2 Å². The van der Waals surface area contributed by atoms with E-state index in [0.717, 1.165) is 18.5 Å². The Kier molecular flexibility index (Phi) is 7.18. The molecule has 1 aromatic heterocycles. The summed E-state index contributed by atoms with van der Waals surface area (Å²) in [6.07, 6.45) is -7.30. The van der Waals surface area contributed by atoms with Crippen molar-refractivity contribution in [1.29, 1.82) is 0 Å². The zero-order chi connectivity index (χ0) is 25.2. The highest BCUT2D eigenvalue weighted by Gasteiger charge is 2.38. The molecule has 0 saturated carbocycles. The average Bonchev–Trinajstić information content (AvgIpc) is 3.21. The van der Waals surface area contributed by atoms with Gasteiger partial charge in [0.1, 0.15) is 6.33 Å².